The maximum absolute atomic E-state index is 13.5. The third kappa shape index (κ3) is 4.20. The van der Waals surface area contributed by atoms with Gasteiger partial charge in [-0.05, 0) is 13.0 Å². The Morgan fingerprint density at radius 3 is 2.59 bits per heavy atom. The number of amides is 2. The van der Waals surface area contributed by atoms with Crippen molar-refractivity contribution in [3.05, 3.63) is 53.3 Å². The molecule has 166 valence electrons. The first-order valence-corrected chi connectivity index (χ1v) is 9.55. The molecule has 14 heteroatoms. The van der Waals surface area contributed by atoms with Crippen molar-refractivity contribution in [2.75, 3.05) is 17.7 Å². The first-order valence-electron chi connectivity index (χ1n) is 9.17. The number of urea groups is 1. The fraction of sp³-hybridized carbons (Fsp3) is 0.222. The summed E-state index contributed by atoms with van der Waals surface area (Å²) in [6.07, 6.45) is 1.99. The highest BCUT2D eigenvalue weighted by atomic mass is 35.5. The summed E-state index contributed by atoms with van der Waals surface area (Å²) in [4.78, 5) is 21.7. The summed E-state index contributed by atoms with van der Waals surface area (Å²) in [6.45, 7) is 1.76. The van der Waals surface area contributed by atoms with Crippen LogP contribution >= 0.6 is 11.6 Å². The third-order valence-electron chi connectivity index (χ3n) is 4.47. The van der Waals surface area contributed by atoms with Gasteiger partial charge >= 0.3 is 6.03 Å². The molecule has 32 heavy (non-hydrogen) atoms. The topological polar surface area (TPSA) is 124 Å². The van der Waals surface area contributed by atoms with Crippen LogP contribution in [0.15, 0.2) is 36.9 Å². The number of carbonyl (C=O) groups is 1. The molecule has 4 heterocycles. The molecule has 11 nitrogen and oxygen atoms in total. The van der Waals surface area contributed by atoms with E-state index < -0.39 is 24.1 Å². The van der Waals surface area contributed by atoms with Gasteiger partial charge in [0.2, 0.25) is 0 Å². The number of rotatable bonds is 6. The van der Waals surface area contributed by atoms with Crippen LogP contribution < -0.4 is 10.6 Å². The number of hydrogen-bond acceptors (Lipinski definition) is 7. The number of halogens is 3. The fourth-order valence-corrected chi connectivity index (χ4v) is 3.18. The smallest absolute Gasteiger partial charge is 0.323 e. The summed E-state index contributed by atoms with van der Waals surface area (Å²) in [5.41, 5.74) is 0.858. The van der Waals surface area contributed by atoms with Gasteiger partial charge in [0.05, 0.1) is 53.5 Å². The summed E-state index contributed by atoms with van der Waals surface area (Å²) >= 11 is 5.97. The molecule has 0 aliphatic carbocycles. The van der Waals surface area contributed by atoms with Crippen LogP contribution in [0.2, 0.25) is 5.15 Å². The minimum Gasteiger partial charge on any atom is -0.375 e. The molecule has 4 aromatic rings. The SMILES string of the molecule is CO[C@@H](C)c1c(NC(=O)Nc2cnc(-n3nccn3)c(C(F)F)c2)cnc2cc(Cl)nn12. The van der Waals surface area contributed by atoms with Crippen molar-refractivity contribution in [2.45, 2.75) is 19.5 Å². The Balaban J connectivity index is 1.60. The number of nitrogens with zero attached hydrogens (tertiary/aromatic N) is 7. The standard InChI is InChI=1S/C18H16ClF2N9O2/c1-9(32-2)15-12(8-22-14-6-13(19)28-29(14)15)27-18(31)26-10-5-11(16(20)21)17(23-7-10)30-24-3-4-25-30/h3-9,16H,1-2H3,(H2,26,27,31)/t9-/m0/s1. The molecular formula is C18H16ClF2N9O2. The predicted octanol–water partition coefficient (Wildman–Crippen LogP) is 3.65. The van der Waals surface area contributed by atoms with Crippen molar-refractivity contribution in [1.29, 1.82) is 0 Å². The molecule has 0 aliphatic heterocycles. The first kappa shape index (κ1) is 21.5. The number of anilines is 2. The maximum Gasteiger partial charge on any atom is 0.323 e. The lowest BCUT2D eigenvalue weighted by Crippen LogP contribution is -2.22. The molecule has 0 saturated carbocycles. The van der Waals surface area contributed by atoms with E-state index >= 15 is 0 Å². The van der Waals surface area contributed by atoms with Gasteiger partial charge in [-0.2, -0.15) is 15.3 Å². The van der Waals surface area contributed by atoms with E-state index in [9.17, 15) is 13.6 Å². The third-order valence-corrected chi connectivity index (χ3v) is 4.66. The summed E-state index contributed by atoms with van der Waals surface area (Å²) in [7, 11) is 1.50. The molecule has 0 unspecified atom stereocenters. The second-order valence-corrected chi connectivity index (χ2v) is 6.89. The second-order valence-electron chi connectivity index (χ2n) is 6.51. The maximum atomic E-state index is 13.5. The zero-order chi connectivity index (χ0) is 22.8. The van der Waals surface area contributed by atoms with Crippen LogP contribution in [0.1, 0.15) is 30.7 Å². The van der Waals surface area contributed by atoms with E-state index in [0.717, 1.165) is 10.9 Å². The predicted molar refractivity (Wildman–Crippen MR) is 110 cm³/mol. The Morgan fingerprint density at radius 1 is 1.16 bits per heavy atom. The molecule has 4 aromatic heterocycles. The van der Waals surface area contributed by atoms with Crippen molar-refractivity contribution in [3.63, 3.8) is 0 Å². The Kier molecular flexibility index (Phi) is 5.92. The van der Waals surface area contributed by atoms with Crippen LogP contribution in [-0.4, -0.2) is 47.7 Å². The first-order chi connectivity index (χ1) is 15.4. The minimum atomic E-state index is -2.86. The Morgan fingerprint density at radius 2 is 1.91 bits per heavy atom. The number of pyridine rings is 1. The normalized spacial score (nSPS) is 12.3. The molecule has 0 saturated heterocycles. The van der Waals surface area contributed by atoms with E-state index in [0.29, 0.717) is 17.0 Å². The van der Waals surface area contributed by atoms with Crippen LogP contribution in [-0.2, 0) is 4.74 Å². The zero-order valence-electron chi connectivity index (χ0n) is 16.7. The number of methoxy groups -OCH3 is 1. The highest BCUT2D eigenvalue weighted by Gasteiger charge is 2.21. The van der Waals surface area contributed by atoms with E-state index in [1.807, 2.05) is 0 Å². The van der Waals surface area contributed by atoms with Crippen molar-refractivity contribution < 1.29 is 18.3 Å². The molecule has 2 amide bonds. The second kappa shape index (κ2) is 8.80. The highest BCUT2D eigenvalue weighted by Crippen LogP contribution is 2.28. The molecule has 4 rings (SSSR count). The monoisotopic (exact) mass is 463 g/mol. The number of carbonyl (C=O) groups excluding carboxylic acids is 1. The molecule has 0 spiro atoms. The number of fused-ring (bicyclic) bond motifs is 1. The van der Waals surface area contributed by atoms with Crippen molar-refractivity contribution >= 4 is 34.7 Å². The van der Waals surface area contributed by atoms with Gasteiger partial charge in [-0.3, -0.25) is 0 Å². The summed E-state index contributed by atoms with van der Waals surface area (Å²) in [5, 5.41) is 17.1. The molecule has 1 atom stereocenters. The summed E-state index contributed by atoms with van der Waals surface area (Å²) in [5.74, 6) is -0.141. The molecular weight excluding hydrogens is 448 g/mol. The van der Waals surface area contributed by atoms with Gasteiger partial charge in [-0.1, -0.05) is 11.6 Å². The van der Waals surface area contributed by atoms with Crippen LogP contribution in [0, 0.1) is 0 Å². The van der Waals surface area contributed by atoms with Gasteiger partial charge in [-0.25, -0.2) is 28.1 Å². The van der Waals surface area contributed by atoms with Gasteiger partial charge in [0.25, 0.3) is 6.43 Å². The molecule has 0 radical (unpaired) electrons. The highest BCUT2D eigenvalue weighted by molar-refractivity contribution is 6.29. The fourth-order valence-electron chi connectivity index (χ4n) is 3.00. The number of nitrogens with one attached hydrogen (secondary N) is 2. The van der Waals surface area contributed by atoms with E-state index in [-0.39, 0.29) is 16.7 Å². The van der Waals surface area contributed by atoms with Gasteiger partial charge in [0.15, 0.2) is 16.6 Å². The molecule has 2 N–H and O–H groups in total. The Bertz CT molecular complexity index is 1260. The Hall–Kier alpha value is -3.71. The van der Waals surface area contributed by atoms with Crippen LogP contribution in [0.4, 0.5) is 25.0 Å². The lowest BCUT2D eigenvalue weighted by atomic mass is 10.2. The zero-order valence-corrected chi connectivity index (χ0v) is 17.5. The lowest BCUT2D eigenvalue weighted by molar-refractivity contribution is 0.114. The average Bonchev–Trinajstić information content (AvgIpc) is 3.42. The Labute approximate surface area is 184 Å². The van der Waals surface area contributed by atoms with Crippen LogP contribution in [0.5, 0.6) is 0 Å². The quantitative estimate of drug-likeness (QED) is 0.447. The van der Waals surface area contributed by atoms with Gasteiger partial charge in [-0.15, -0.1) is 4.80 Å². The lowest BCUT2D eigenvalue weighted by Gasteiger charge is -2.17. The van der Waals surface area contributed by atoms with E-state index in [1.165, 1.54) is 36.4 Å². The number of ether oxygens (including phenoxy) is 1. The van der Waals surface area contributed by atoms with E-state index in [2.05, 4.69) is 35.9 Å². The molecule has 0 aromatic carbocycles. The van der Waals surface area contributed by atoms with Gasteiger partial charge in [0.1, 0.15) is 0 Å². The average molecular weight is 464 g/mol. The number of alkyl halides is 2. The van der Waals surface area contributed by atoms with Gasteiger partial charge in [0, 0.05) is 13.2 Å². The minimum absolute atomic E-state index is 0.0474. The summed E-state index contributed by atoms with van der Waals surface area (Å²) in [6, 6.07) is 1.95. The van der Waals surface area contributed by atoms with E-state index in [4.69, 9.17) is 16.3 Å². The van der Waals surface area contributed by atoms with Crippen molar-refractivity contribution in [3.8, 4) is 5.82 Å². The van der Waals surface area contributed by atoms with Crippen molar-refractivity contribution in [1.82, 2.24) is 34.6 Å². The van der Waals surface area contributed by atoms with Crippen LogP contribution in [0.3, 0.4) is 0 Å². The van der Waals surface area contributed by atoms with Crippen LogP contribution in [0.25, 0.3) is 11.5 Å². The van der Waals surface area contributed by atoms with E-state index in [1.54, 1.807) is 13.0 Å². The number of aromatic nitrogens is 7. The van der Waals surface area contributed by atoms with Crippen molar-refractivity contribution in [2.24, 2.45) is 0 Å². The summed E-state index contributed by atoms with van der Waals surface area (Å²) < 4.78 is 33.9. The molecule has 0 aliphatic rings. The molecule has 0 fully saturated rings. The largest absolute Gasteiger partial charge is 0.375 e. The molecule has 0 bridgehead atoms. The number of hydrogen-bond donors (Lipinski definition) is 2. The van der Waals surface area contributed by atoms with Gasteiger partial charge < -0.3 is 15.4 Å².